The molecule has 1 amide bonds. The van der Waals surface area contributed by atoms with Gasteiger partial charge in [0.05, 0.1) is 19.2 Å². The molecule has 16 heteroatoms. The normalized spacial score (nSPS) is 21.0. The highest BCUT2D eigenvalue weighted by Gasteiger charge is 2.64. The van der Waals surface area contributed by atoms with Crippen molar-refractivity contribution in [3.63, 3.8) is 0 Å². The predicted octanol–water partition coefficient (Wildman–Crippen LogP) is 4.23. The van der Waals surface area contributed by atoms with E-state index >= 15 is 0 Å². The van der Waals surface area contributed by atoms with E-state index in [9.17, 15) is 18.0 Å². The third-order valence-electron chi connectivity index (χ3n) is 9.80. The van der Waals surface area contributed by atoms with Crippen LogP contribution in [0.5, 0.6) is 0 Å². The average Bonchev–Trinajstić information content (AvgIpc) is 3.71. The van der Waals surface area contributed by atoms with E-state index in [4.69, 9.17) is 22.8 Å². The number of methoxy groups -OCH3 is 1. The highest BCUT2D eigenvalue weighted by molar-refractivity contribution is 7.86. The SMILES string of the molecule is CO[C@H]1[C@@H](OC(C)=O)[C@H](n2cnc3c(NC(=O)c4ccccc4)ncnc32)O[C@@]1(CO[Si](c1ccccc1)(c1ccccc1)C(C)(C)C)[C@H](C)OS(C)(=O)=O. The first-order valence-electron chi connectivity index (χ1n) is 17.7. The van der Waals surface area contributed by atoms with Gasteiger partial charge in [0.25, 0.3) is 24.3 Å². The minimum atomic E-state index is -4.07. The summed E-state index contributed by atoms with van der Waals surface area (Å²) in [4.78, 5) is 39.2. The van der Waals surface area contributed by atoms with Crippen LogP contribution in [0.2, 0.25) is 5.04 Å². The van der Waals surface area contributed by atoms with Gasteiger partial charge in [-0.15, -0.1) is 0 Å². The predicted molar refractivity (Wildman–Crippen MR) is 208 cm³/mol. The smallest absolute Gasteiger partial charge is 0.303 e. The fourth-order valence-electron chi connectivity index (χ4n) is 7.43. The molecule has 3 heterocycles. The topological polar surface area (TPSA) is 170 Å². The van der Waals surface area contributed by atoms with Crippen LogP contribution in [0.25, 0.3) is 11.2 Å². The number of carbonyl (C=O) groups excluding carboxylic acids is 2. The maximum absolute atomic E-state index is 13.1. The van der Waals surface area contributed by atoms with Gasteiger partial charge in [0, 0.05) is 19.6 Å². The zero-order valence-electron chi connectivity index (χ0n) is 31.7. The second-order valence-corrected chi connectivity index (χ2v) is 20.4. The summed E-state index contributed by atoms with van der Waals surface area (Å²) in [6.45, 7) is 8.90. The summed E-state index contributed by atoms with van der Waals surface area (Å²) in [5, 5.41) is 4.28. The lowest BCUT2D eigenvalue weighted by Crippen LogP contribution is -2.69. The number of anilines is 1. The highest BCUT2D eigenvalue weighted by atomic mass is 32.2. The zero-order valence-corrected chi connectivity index (χ0v) is 33.5. The standard InChI is InChI=1S/C39H45N5O9SSi/c1-26(53-54(7,47)48)39(23-50-55(38(3,4)5,29-19-13-9-14-20-29)30-21-15-10-16-22-30)33(49-6)32(51-27(2)45)37(52-39)44-25-42-31-34(40-24-41-35(31)44)43-36(46)28-17-11-8-12-18-28/h8-22,24-26,32-33,37H,23H2,1-7H3,(H,40,41,43,46)/t26-,32+,33-,37+,39-/m0/s1. The van der Waals surface area contributed by atoms with Gasteiger partial charge in [-0.1, -0.05) is 99.6 Å². The van der Waals surface area contributed by atoms with E-state index in [1.165, 1.54) is 31.3 Å². The second-order valence-electron chi connectivity index (χ2n) is 14.5. The number of amides is 1. The number of esters is 1. The van der Waals surface area contributed by atoms with Gasteiger partial charge in [-0.05, 0) is 34.5 Å². The lowest BCUT2D eigenvalue weighted by atomic mass is 9.90. The number of fused-ring (bicyclic) bond motifs is 1. The molecule has 290 valence electrons. The monoisotopic (exact) mass is 787 g/mol. The molecule has 0 unspecified atom stereocenters. The largest absolute Gasteiger partial charge is 0.455 e. The van der Waals surface area contributed by atoms with Crippen LogP contribution < -0.4 is 15.7 Å². The van der Waals surface area contributed by atoms with E-state index in [-0.39, 0.29) is 23.6 Å². The van der Waals surface area contributed by atoms with Gasteiger partial charge in [-0.3, -0.25) is 18.3 Å². The highest BCUT2D eigenvalue weighted by Crippen LogP contribution is 2.47. The summed E-state index contributed by atoms with van der Waals surface area (Å²) >= 11 is 0. The summed E-state index contributed by atoms with van der Waals surface area (Å²) in [6.07, 6.45) is -1.13. The number of carbonyl (C=O) groups is 2. The Morgan fingerprint density at radius 3 is 2.05 bits per heavy atom. The number of hydrogen-bond donors (Lipinski definition) is 1. The van der Waals surface area contributed by atoms with Gasteiger partial charge < -0.3 is 24.0 Å². The Labute approximate surface area is 321 Å². The lowest BCUT2D eigenvalue weighted by Gasteiger charge is -2.46. The van der Waals surface area contributed by atoms with Crippen LogP contribution in [0, 0.1) is 0 Å². The second kappa shape index (κ2) is 15.7. The van der Waals surface area contributed by atoms with Crippen molar-refractivity contribution in [2.75, 3.05) is 25.3 Å². The summed E-state index contributed by atoms with van der Waals surface area (Å²) < 4.78 is 59.3. The van der Waals surface area contributed by atoms with Crippen LogP contribution in [0.15, 0.2) is 104 Å². The Kier molecular flexibility index (Phi) is 11.4. The molecule has 55 heavy (non-hydrogen) atoms. The fraction of sp³-hybridized carbons (Fsp3) is 0.359. The van der Waals surface area contributed by atoms with E-state index in [0.29, 0.717) is 5.56 Å². The first-order chi connectivity index (χ1) is 26.1. The molecular weight excluding hydrogens is 743 g/mol. The molecule has 1 aliphatic rings. The number of benzene rings is 3. The van der Waals surface area contributed by atoms with Crippen LogP contribution in [0.1, 0.15) is 51.2 Å². The Morgan fingerprint density at radius 2 is 1.53 bits per heavy atom. The number of rotatable bonds is 13. The number of nitrogens with one attached hydrogen (secondary N) is 1. The van der Waals surface area contributed by atoms with Crippen molar-refractivity contribution in [3.8, 4) is 0 Å². The van der Waals surface area contributed by atoms with Gasteiger partial charge in [0.15, 0.2) is 29.3 Å². The van der Waals surface area contributed by atoms with E-state index in [1.54, 1.807) is 37.3 Å². The Balaban J connectivity index is 1.49. The first-order valence-corrected chi connectivity index (χ1v) is 21.4. The molecular formula is C39H45N5O9SSi. The van der Waals surface area contributed by atoms with E-state index in [0.717, 1.165) is 16.6 Å². The van der Waals surface area contributed by atoms with Crippen molar-refractivity contribution in [2.45, 2.75) is 69.8 Å². The van der Waals surface area contributed by atoms with Crippen molar-refractivity contribution in [1.29, 1.82) is 0 Å². The third-order valence-corrected chi connectivity index (χ3v) is 15.4. The molecule has 1 aliphatic heterocycles. The molecule has 14 nitrogen and oxygen atoms in total. The van der Waals surface area contributed by atoms with Crippen molar-refractivity contribution in [3.05, 3.63) is 109 Å². The zero-order chi connectivity index (χ0) is 39.6. The lowest BCUT2D eigenvalue weighted by molar-refractivity contribution is -0.172. The summed E-state index contributed by atoms with van der Waals surface area (Å²) in [7, 11) is -5.93. The van der Waals surface area contributed by atoms with Crippen LogP contribution in [-0.2, 0) is 37.7 Å². The van der Waals surface area contributed by atoms with Crippen molar-refractivity contribution in [2.24, 2.45) is 0 Å². The third kappa shape index (κ3) is 7.83. The van der Waals surface area contributed by atoms with E-state index in [2.05, 4.69) is 41.0 Å². The van der Waals surface area contributed by atoms with E-state index < -0.39 is 65.5 Å². The quantitative estimate of drug-likeness (QED) is 0.103. The molecule has 2 aromatic heterocycles. The summed E-state index contributed by atoms with van der Waals surface area (Å²) in [5.41, 5.74) is -0.844. The van der Waals surface area contributed by atoms with Gasteiger partial charge in [0.2, 0.25) is 0 Å². The van der Waals surface area contributed by atoms with E-state index in [1.807, 2.05) is 60.7 Å². The summed E-state index contributed by atoms with van der Waals surface area (Å²) in [6, 6.07) is 28.5. The van der Waals surface area contributed by atoms with Gasteiger partial charge >= 0.3 is 5.97 Å². The molecule has 0 saturated carbocycles. The molecule has 1 saturated heterocycles. The molecule has 0 aliphatic carbocycles. The average molecular weight is 788 g/mol. The number of nitrogens with zero attached hydrogens (tertiary/aromatic N) is 4. The Morgan fingerprint density at radius 1 is 0.945 bits per heavy atom. The minimum absolute atomic E-state index is 0.137. The minimum Gasteiger partial charge on any atom is -0.455 e. The van der Waals surface area contributed by atoms with Crippen LogP contribution >= 0.6 is 0 Å². The fourth-order valence-corrected chi connectivity index (χ4v) is 12.7. The first kappa shape index (κ1) is 39.8. The number of ether oxygens (including phenoxy) is 3. The van der Waals surface area contributed by atoms with Crippen LogP contribution in [-0.4, -0.2) is 92.0 Å². The molecule has 3 aromatic carbocycles. The molecule has 5 atom stereocenters. The van der Waals surface area contributed by atoms with Crippen molar-refractivity contribution < 1.29 is 40.8 Å². The maximum Gasteiger partial charge on any atom is 0.303 e. The number of imidazole rings is 1. The molecule has 0 radical (unpaired) electrons. The van der Waals surface area contributed by atoms with Gasteiger partial charge in [-0.2, -0.15) is 8.42 Å². The van der Waals surface area contributed by atoms with Crippen molar-refractivity contribution >= 4 is 57.7 Å². The maximum atomic E-state index is 13.1. The van der Waals surface area contributed by atoms with Crippen molar-refractivity contribution in [1.82, 2.24) is 19.5 Å². The van der Waals surface area contributed by atoms with Crippen LogP contribution in [0.3, 0.4) is 0 Å². The molecule has 5 aromatic rings. The van der Waals surface area contributed by atoms with Gasteiger partial charge in [0.1, 0.15) is 24.1 Å². The molecule has 0 bridgehead atoms. The molecule has 1 fully saturated rings. The summed E-state index contributed by atoms with van der Waals surface area (Å²) in [5.74, 6) is -0.912. The molecule has 6 rings (SSSR count). The van der Waals surface area contributed by atoms with Gasteiger partial charge in [-0.25, -0.2) is 15.0 Å². The van der Waals surface area contributed by atoms with Crippen LogP contribution in [0.4, 0.5) is 5.82 Å². The Bertz CT molecular complexity index is 2200. The Hall–Kier alpha value is -4.84. The molecule has 1 N–H and O–H groups in total. The number of aromatic nitrogens is 4. The number of hydrogen-bond acceptors (Lipinski definition) is 12. The molecule has 0 spiro atoms.